The average molecular weight is 290 g/mol. The fourth-order valence-corrected chi connectivity index (χ4v) is 2.68. The number of carbonyl (C=O) groups excluding carboxylic acids is 1. The van der Waals surface area contributed by atoms with Gasteiger partial charge in [-0.3, -0.25) is 9.89 Å². The lowest BCUT2D eigenvalue weighted by Crippen LogP contribution is -2.35. The summed E-state index contributed by atoms with van der Waals surface area (Å²) < 4.78 is 0. The number of aromatic nitrogens is 2. The maximum Gasteiger partial charge on any atom is 0.257 e. The molecular formula is C15H16ClN3O. The van der Waals surface area contributed by atoms with Gasteiger partial charge in [-0.25, -0.2) is 0 Å². The smallest absolute Gasteiger partial charge is 0.257 e. The third kappa shape index (κ3) is 2.56. The van der Waals surface area contributed by atoms with Gasteiger partial charge in [-0.15, -0.1) is 0 Å². The topological polar surface area (TPSA) is 49.0 Å². The summed E-state index contributed by atoms with van der Waals surface area (Å²) in [5.41, 5.74) is 2.32. The Balaban J connectivity index is 1.89. The third-order valence-corrected chi connectivity index (χ3v) is 3.90. The van der Waals surface area contributed by atoms with E-state index in [1.54, 1.807) is 6.20 Å². The monoisotopic (exact) mass is 289 g/mol. The second-order valence-electron chi connectivity index (χ2n) is 5.02. The molecule has 4 nitrogen and oxygen atoms in total. The fourth-order valence-electron chi connectivity index (χ4n) is 2.55. The molecular weight excluding hydrogens is 274 g/mol. The van der Waals surface area contributed by atoms with Crippen molar-refractivity contribution in [3.8, 4) is 11.3 Å². The van der Waals surface area contributed by atoms with Gasteiger partial charge >= 0.3 is 0 Å². The first-order valence-corrected chi connectivity index (χ1v) is 7.22. The SMILES string of the molecule is O=C(c1cn[nH]c1-c1ccc(Cl)cc1)N1CCCCC1. The molecule has 0 bridgehead atoms. The first-order chi connectivity index (χ1) is 9.75. The number of nitrogens with zero attached hydrogens (tertiary/aromatic N) is 2. The van der Waals surface area contributed by atoms with Crippen LogP contribution in [0.3, 0.4) is 0 Å². The van der Waals surface area contributed by atoms with E-state index in [0.29, 0.717) is 10.6 Å². The molecule has 1 aliphatic rings. The molecule has 3 rings (SSSR count). The number of amides is 1. The summed E-state index contributed by atoms with van der Waals surface area (Å²) in [6.07, 6.45) is 4.99. The zero-order valence-corrected chi connectivity index (χ0v) is 11.9. The van der Waals surface area contributed by atoms with Gasteiger partial charge in [0.15, 0.2) is 0 Å². The lowest BCUT2D eigenvalue weighted by atomic mass is 10.1. The molecule has 0 saturated carbocycles. The van der Waals surface area contributed by atoms with Crippen molar-refractivity contribution in [3.05, 3.63) is 41.0 Å². The predicted octanol–water partition coefficient (Wildman–Crippen LogP) is 3.36. The molecule has 1 aromatic heterocycles. The lowest BCUT2D eigenvalue weighted by molar-refractivity contribution is 0.0725. The normalized spacial score (nSPS) is 15.3. The molecule has 0 atom stereocenters. The third-order valence-electron chi connectivity index (χ3n) is 3.65. The number of hydrogen-bond acceptors (Lipinski definition) is 2. The maximum absolute atomic E-state index is 12.6. The highest BCUT2D eigenvalue weighted by atomic mass is 35.5. The van der Waals surface area contributed by atoms with Gasteiger partial charge in [0.05, 0.1) is 17.5 Å². The number of H-pyrrole nitrogens is 1. The summed E-state index contributed by atoms with van der Waals surface area (Å²) in [5.74, 6) is 0.0587. The van der Waals surface area contributed by atoms with E-state index >= 15 is 0 Å². The van der Waals surface area contributed by atoms with Gasteiger partial charge in [-0.1, -0.05) is 23.7 Å². The van der Waals surface area contributed by atoms with E-state index in [4.69, 9.17) is 11.6 Å². The molecule has 1 fully saturated rings. The van der Waals surface area contributed by atoms with Crippen LogP contribution in [0.5, 0.6) is 0 Å². The summed E-state index contributed by atoms with van der Waals surface area (Å²) in [6.45, 7) is 1.67. The standard InChI is InChI=1S/C15H16ClN3O/c16-12-6-4-11(5-7-12)14-13(10-17-18-14)15(20)19-8-2-1-3-9-19/h4-7,10H,1-3,8-9H2,(H,17,18). The van der Waals surface area contributed by atoms with Gasteiger partial charge in [-0.2, -0.15) is 5.10 Å². The van der Waals surface area contributed by atoms with E-state index in [9.17, 15) is 4.79 Å². The summed E-state index contributed by atoms with van der Waals surface area (Å²) in [6, 6.07) is 7.41. The van der Waals surface area contributed by atoms with Gasteiger partial charge in [0.25, 0.3) is 5.91 Å². The van der Waals surface area contributed by atoms with Crippen molar-refractivity contribution in [2.75, 3.05) is 13.1 Å². The highest BCUT2D eigenvalue weighted by Crippen LogP contribution is 2.24. The van der Waals surface area contributed by atoms with Crippen LogP contribution in [-0.2, 0) is 0 Å². The largest absolute Gasteiger partial charge is 0.339 e. The molecule has 20 heavy (non-hydrogen) atoms. The predicted molar refractivity (Wildman–Crippen MR) is 78.8 cm³/mol. The zero-order chi connectivity index (χ0) is 13.9. The summed E-state index contributed by atoms with van der Waals surface area (Å²) in [5, 5.41) is 7.63. The van der Waals surface area contributed by atoms with E-state index in [0.717, 1.165) is 37.2 Å². The molecule has 5 heteroatoms. The van der Waals surface area contributed by atoms with Crippen molar-refractivity contribution in [2.45, 2.75) is 19.3 Å². The minimum absolute atomic E-state index is 0.0587. The summed E-state index contributed by atoms with van der Waals surface area (Å²) in [7, 11) is 0. The molecule has 0 radical (unpaired) electrons. The summed E-state index contributed by atoms with van der Waals surface area (Å²) >= 11 is 5.90. The highest BCUT2D eigenvalue weighted by molar-refractivity contribution is 6.30. The van der Waals surface area contributed by atoms with Gasteiger partial charge < -0.3 is 4.90 Å². The number of benzene rings is 1. The van der Waals surface area contributed by atoms with Crippen molar-refractivity contribution in [1.82, 2.24) is 15.1 Å². The molecule has 104 valence electrons. The van der Waals surface area contributed by atoms with E-state index in [1.165, 1.54) is 6.42 Å². The van der Waals surface area contributed by atoms with Gasteiger partial charge in [0.2, 0.25) is 0 Å². The minimum Gasteiger partial charge on any atom is -0.339 e. The van der Waals surface area contributed by atoms with Crippen molar-refractivity contribution in [3.63, 3.8) is 0 Å². The van der Waals surface area contributed by atoms with Crippen molar-refractivity contribution in [2.24, 2.45) is 0 Å². The Morgan fingerprint density at radius 3 is 2.55 bits per heavy atom. The lowest BCUT2D eigenvalue weighted by Gasteiger charge is -2.26. The maximum atomic E-state index is 12.6. The Bertz CT molecular complexity index is 600. The molecule has 1 amide bonds. The van der Waals surface area contributed by atoms with E-state index in [-0.39, 0.29) is 5.91 Å². The number of halogens is 1. The van der Waals surface area contributed by atoms with E-state index < -0.39 is 0 Å². The van der Waals surface area contributed by atoms with Crippen LogP contribution in [0.15, 0.2) is 30.5 Å². The van der Waals surface area contributed by atoms with Crippen LogP contribution in [0, 0.1) is 0 Å². The molecule has 1 aliphatic heterocycles. The molecule has 2 heterocycles. The zero-order valence-electron chi connectivity index (χ0n) is 11.1. The van der Waals surface area contributed by atoms with Gasteiger partial charge in [0, 0.05) is 23.7 Å². The number of likely N-dealkylation sites (tertiary alicyclic amines) is 1. The average Bonchev–Trinajstić information content (AvgIpc) is 2.97. The number of rotatable bonds is 2. The fraction of sp³-hybridized carbons (Fsp3) is 0.333. The quantitative estimate of drug-likeness (QED) is 0.921. The first kappa shape index (κ1) is 13.2. The Labute approximate surface area is 122 Å². The number of hydrogen-bond donors (Lipinski definition) is 1. The van der Waals surface area contributed by atoms with Crippen LogP contribution in [0.2, 0.25) is 5.02 Å². The van der Waals surface area contributed by atoms with Crippen LogP contribution in [0.25, 0.3) is 11.3 Å². The highest BCUT2D eigenvalue weighted by Gasteiger charge is 2.22. The second kappa shape index (κ2) is 5.67. The van der Waals surface area contributed by atoms with Gasteiger partial charge in [-0.05, 0) is 31.4 Å². The van der Waals surface area contributed by atoms with Crippen molar-refractivity contribution in [1.29, 1.82) is 0 Å². The Morgan fingerprint density at radius 2 is 1.85 bits per heavy atom. The van der Waals surface area contributed by atoms with Crippen LogP contribution >= 0.6 is 11.6 Å². The molecule has 2 aromatic rings. The first-order valence-electron chi connectivity index (χ1n) is 6.84. The Kier molecular flexibility index (Phi) is 3.74. The Morgan fingerprint density at radius 1 is 1.15 bits per heavy atom. The van der Waals surface area contributed by atoms with Crippen LogP contribution < -0.4 is 0 Å². The van der Waals surface area contributed by atoms with Crippen LogP contribution in [-0.4, -0.2) is 34.1 Å². The molecule has 1 saturated heterocycles. The second-order valence-corrected chi connectivity index (χ2v) is 5.45. The van der Waals surface area contributed by atoms with Crippen molar-refractivity contribution < 1.29 is 4.79 Å². The molecule has 0 spiro atoms. The van der Waals surface area contributed by atoms with Crippen LogP contribution in [0.4, 0.5) is 0 Å². The van der Waals surface area contributed by atoms with E-state index in [2.05, 4.69) is 10.2 Å². The molecule has 1 N–H and O–H groups in total. The number of nitrogens with one attached hydrogen (secondary N) is 1. The molecule has 0 aliphatic carbocycles. The van der Waals surface area contributed by atoms with Gasteiger partial charge in [0.1, 0.15) is 0 Å². The molecule has 0 unspecified atom stereocenters. The minimum atomic E-state index is 0.0587. The van der Waals surface area contributed by atoms with Crippen LogP contribution in [0.1, 0.15) is 29.6 Å². The number of piperidine rings is 1. The van der Waals surface area contributed by atoms with E-state index in [1.807, 2.05) is 29.2 Å². The molecule has 1 aromatic carbocycles. The van der Waals surface area contributed by atoms with Crippen molar-refractivity contribution >= 4 is 17.5 Å². The number of aromatic amines is 1. The number of carbonyl (C=O) groups is 1. The summed E-state index contributed by atoms with van der Waals surface area (Å²) in [4.78, 5) is 14.5. The Hall–Kier alpha value is -1.81.